The zero-order valence-corrected chi connectivity index (χ0v) is 10.4. The molecule has 0 fully saturated rings. The van der Waals surface area contributed by atoms with E-state index in [1.165, 1.54) is 11.0 Å². The van der Waals surface area contributed by atoms with E-state index in [0.29, 0.717) is 26.3 Å². The molecular formula is C11H13N3O5. The predicted octanol–water partition coefficient (Wildman–Crippen LogP) is 0.471. The lowest BCUT2D eigenvalue weighted by atomic mass is 10.2. The molecule has 1 aliphatic heterocycles. The largest absolute Gasteiger partial charge is 0.475 e. The summed E-state index contributed by atoms with van der Waals surface area (Å²) in [5, 5.41) is 10.7. The molecule has 0 radical (unpaired) electrons. The molecule has 0 spiro atoms. The molecule has 0 bridgehead atoms. The molecule has 8 nitrogen and oxygen atoms in total. The van der Waals surface area contributed by atoms with Gasteiger partial charge in [0.05, 0.1) is 18.1 Å². The lowest BCUT2D eigenvalue weighted by molar-refractivity contribution is -0.385. The van der Waals surface area contributed by atoms with E-state index in [0.717, 1.165) is 6.20 Å². The number of rotatable bonds is 4. The summed E-state index contributed by atoms with van der Waals surface area (Å²) in [6.45, 7) is 1.49. The van der Waals surface area contributed by atoms with Crippen LogP contribution in [0.3, 0.4) is 0 Å². The second-order valence-corrected chi connectivity index (χ2v) is 3.94. The lowest BCUT2D eigenvalue weighted by Gasteiger charge is -2.18. The average molecular weight is 267 g/mol. The van der Waals surface area contributed by atoms with Crippen LogP contribution in [0.4, 0.5) is 5.69 Å². The predicted molar refractivity (Wildman–Crippen MR) is 64.2 cm³/mol. The number of hydrogen-bond donors (Lipinski definition) is 0. The molecule has 19 heavy (non-hydrogen) atoms. The van der Waals surface area contributed by atoms with Crippen molar-refractivity contribution < 1.29 is 19.2 Å². The van der Waals surface area contributed by atoms with Gasteiger partial charge in [-0.2, -0.15) is 0 Å². The van der Waals surface area contributed by atoms with Gasteiger partial charge >= 0.3 is 0 Å². The minimum Gasteiger partial charge on any atom is -0.475 e. The van der Waals surface area contributed by atoms with Gasteiger partial charge in [0.25, 0.3) is 11.6 Å². The number of methoxy groups -OCH3 is 1. The van der Waals surface area contributed by atoms with Crippen molar-refractivity contribution in [2.45, 2.75) is 0 Å². The summed E-state index contributed by atoms with van der Waals surface area (Å²) in [6, 6.07) is 1.19. The summed E-state index contributed by atoms with van der Waals surface area (Å²) in [4.78, 5) is 27.7. The molecule has 8 heteroatoms. The highest BCUT2D eigenvalue weighted by Gasteiger charge is 2.26. The van der Waals surface area contributed by atoms with Crippen LogP contribution in [0.5, 0.6) is 5.88 Å². The third kappa shape index (κ3) is 2.79. The standard InChI is InChI=1S/C11H13N3O5/c1-18-4-2-13-3-5-19-10-9(11(13)15)6-8(7-12-10)14(16)17/h6-7H,2-5H2,1H3. The number of fused-ring (bicyclic) bond motifs is 1. The van der Waals surface area contributed by atoms with Crippen LogP contribution in [-0.4, -0.2) is 54.1 Å². The van der Waals surface area contributed by atoms with Crippen molar-refractivity contribution in [3.8, 4) is 5.88 Å². The van der Waals surface area contributed by atoms with E-state index in [1.54, 1.807) is 7.11 Å². The van der Waals surface area contributed by atoms with Crippen LogP contribution >= 0.6 is 0 Å². The molecule has 1 aliphatic rings. The third-order valence-corrected chi connectivity index (χ3v) is 2.73. The zero-order valence-electron chi connectivity index (χ0n) is 10.4. The topological polar surface area (TPSA) is 94.8 Å². The van der Waals surface area contributed by atoms with Crippen molar-refractivity contribution in [1.82, 2.24) is 9.88 Å². The number of carbonyl (C=O) groups excluding carboxylic acids is 1. The Hall–Kier alpha value is -2.22. The van der Waals surface area contributed by atoms with E-state index in [1.807, 2.05) is 0 Å². The van der Waals surface area contributed by atoms with Gasteiger partial charge in [0.2, 0.25) is 5.88 Å². The van der Waals surface area contributed by atoms with Crippen LogP contribution in [0.25, 0.3) is 0 Å². The zero-order chi connectivity index (χ0) is 13.8. The molecule has 0 saturated heterocycles. The lowest BCUT2D eigenvalue weighted by Crippen LogP contribution is -2.35. The van der Waals surface area contributed by atoms with E-state index in [2.05, 4.69) is 4.98 Å². The molecule has 2 heterocycles. The fraction of sp³-hybridized carbons (Fsp3) is 0.455. The van der Waals surface area contributed by atoms with E-state index in [4.69, 9.17) is 9.47 Å². The maximum absolute atomic E-state index is 12.2. The van der Waals surface area contributed by atoms with Gasteiger partial charge in [0.15, 0.2) is 0 Å². The Morgan fingerprint density at radius 1 is 1.63 bits per heavy atom. The highest BCUT2D eigenvalue weighted by atomic mass is 16.6. The normalized spacial score (nSPS) is 14.6. The second-order valence-electron chi connectivity index (χ2n) is 3.94. The summed E-state index contributed by atoms with van der Waals surface area (Å²) < 4.78 is 10.3. The average Bonchev–Trinajstić information content (AvgIpc) is 2.56. The van der Waals surface area contributed by atoms with Crippen molar-refractivity contribution >= 4 is 11.6 Å². The van der Waals surface area contributed by atoms with Gasteiger partial charge in [-0.15, -0.1) is 0 Å². The first-order valence-electron chi connectivity index (χ1n) is 5.69. The maximum atomic E-state index is 12.2. The number of hydrogen-bond acceptors (Lipinski definition) is 6. The van der Waals surface area contributed by atoms with Gasteiger partial charge in [-0.25, -0.2) is 4.98 Å². The summed E-state index contributed by atoms with van der Waals surface area (Å²) in [7, 11) is 1.54. The first kappa shape index (κ1) is 13.2. The summed E-state index contributed by atoms with van der Waals surface area (Å²) in [5.41, 5.74) is -0.118. The molecule has 0 N–H and O–H groups in total. The summed E-state index contributed by atoms with van der Waals surface area (Å²) in [6.07, 6.45) is 1.08. The Kier molecular flexibility index (Phi) is 3.91. The highest BCUT2D eigenvalue weighted by Crippen LogP contribution is 2.24. The maximum Gasteiger partial charge on any atom is 0.288 e. The minimum absolute atomic E-state index is 0.114. The van der Waals surface area contributed by atoms with Gasteiger partial charge in [0, 0.05) is 19.7 Å². The van der Waals surface area contributed by atoms with E-state index in [9.17, 15) is 14.9 Å². The van der Waals surface area contributed by atoms with Crippen LogP contribution in [-0.2, 0) is 4.74 Å². The Balaban J connectivity index is 2.31. The van der Waals surface area contributed by atoms with Gasteiger partial charge < -0.3 is 14.4 Å². The molecule has 1 amide bonds. The Morgan fingerprint density at radius 3 is 3.11 bits per heavy atom. The smallest absolute Gasteiger partial charge is 0.288 e. The van der Waals surface area contributed by atoms with Gasteiger partial charge in [-0.1, -0.05) is 0 Å². The molecule has 0 aliphatic carbocycles. The minimum atomic E-state index is -0.592. The van der Waals surface area contributed by atoms with Gasteiger partial charge in [-0.3, -0.25) is 14.9 Å². The number of pyridine rings is 1. The first-order chi connectivity index (χ1) is 9.13. The van der Waals surface area contributed by atoms with Crippen LogP contribution in [0.2, 0.25) is 0 Å². The highest BCUT2D eigenvalue weighted by molar-refractivity contribution is 5.97. The Bertz CT molecular complexity index is 503. The van der Waals surface area contributed by atoms with Crippen LogP contribution in [0.15, 0.2) is 12.3 Å². The molecule has 0 aromatic carbocycles. The number of aromatic nitrogens is 1. The number of nitro groups is 1. The molecule has 1 aromatic heterocycles. The fourth-order valence-corrected chi connectivity index (χ4v) is 1.75. The molecule has 2 rings (SSSR count). The molecule has 0 saturated carbocycles. The van der Waals surface area contributed by atoms with Crippen molar-refractivity contribution in [1.29, 1.82) is 0 Å². The van der Waals surface area contributed by atoms with Crippen molar-refractivity contribution in [3.63, 3.8) is 0 Å². The van der Waals surface area contributed by atoms with Gasteiger partial charge in [0.1, 0.15) is 18.4 Å². The van der Waals surface area contributed by atoms with E-state index < -0.39 is 4.92 Å². The van der Waals surface area contributed by atoms with Crippen molar-refractivity contribution in [2.75, 3.05) is 33.4 Å². The molecular weight excluding hydrogens is 254 g/mol. The van der Waals surface area contributed by atoms with Gasteiger partial charge in [-0.05, 0) is 0 Å². The number of nitrogens with zero attached hydrogens (tertiary/aromatic N) is 3. The third-order valence-electron chi connectivity index (χ3n) is 2.73. The first-order valence-corrected chi connectivity index (χ1v) is 5.69. The molecule has 0 unspecified atom stereocenters. The Morgan fingerprint density at radius 2 is 2.42 bits per heavy atom. The number of amides is 1. The fourth-order valence-electron chi connectivity index (χ4n) is 1.75. The van der Waals surface area contributed by atoms with E-state index >= 15 is 0 Å². The quantitative estimate of drug-likeness (QED) is 0.581. The van der Waals surface area contributed by atoms with Crippen LogP contribution in [0, 0.1) is 10.1 Å². The second kappa shape index (κ2) is 5.61. The molecule has 1 aromatic rings. The molecule has 0 atom stereocenters. The van der Waals surface area contributed by atoms with Crippen LogP contribution < -0.4 is 4.74 Å². The monoisotopic (exact) mass is 267 g/mol. The summed E-state index contributed by atoms with van der Waals surface area (Å²) >= 11 is 0. The number of carbonyl (C=O) groups is 1. The summed E-state index contributed by atoms with van der Waals surface area (Å²) in [5.74, 6) is -0.198. The van der Waals surface area contributed by atoms with Crippen molar-refractivity contribution in [2.24, 2.45) is 0 Å². The van der Waals surface area contributed by atoms with Crippen molar-refractivity contribution in [3.05, 3.63) is 27.9 Å². The van der Waals surface area contributed by atoms with E-state index in [-0.39, 0.29) is 23.0 Å². The van der Waals surface area contributed by atoms with Crippen LogP contribution in [0.1, 0.15) is 10.4 Å². The molecule has 102 valence electrons. The SMILES string of the molecule is COCCN1CCOc2ncc([N+](=O)[O-])cc2C1=O. The Labute approximate surface area is 109 Å². The number of ether oxygens (including phenoxy) is 2.